The molecule has 3 nitrogen and oxygen atoms in total. The van der Waals surface area contributed by atoms with Crippen LogP contribution in [0.15, 0.2) is 79.1 Å². The molecule has 0 radical (unpaired) electrons. The van der Waals surface area contributed by atoms with Crippen LogP contribution in [0.5, 0.6) is 0 Å². The fourth-order valence-electron chi connectivity index (χ4n) is 2.85. The van der Waals surface area contributed by atoms with Gasteiger partial charge in [-0.25, -0.2) is 0 Å². The van der Waals surface area contributed by atoms with Crippen LogP contribution in [0.2, 0.25) is 0 Å². The van der Waals surface area contributed by atoms with E-state index >= 15 is 0 Å². The van der Waals surface area contributed by atoms with E-state index < -0.39 is 0 Å². The lowest BCUT2D eigenvalue weighted by atomic mass is 10.0. The standard InChI is InChI=1S/C21H22N2O/c24-14-11-21(19-6-2-1-3-7-19)23-16-17-5-4-8-20(15-17)18-9-12-22-13-10-18/h1-10,12-13,15,21,23-24H,11,14,16H2/t21-/m1/s1. The molecule has 2 aromatic carbocycles. The molecule has 3 heteroatoms. The lowest BCUT2D eigenvalue weighted by Crippen LogP contribution is -2.22. The highest BCUT2D eigenvalue weighted by atomic mass is 16.3. The minimum absolute atomic E-state index is 0.154. The summed E-state index contributed by atoms with van der Waals surface area (Å²) in [7, 11) is 0. The van der Waals surface area contributed by atoms with E-state index in [1.165, 1.54) is 22.3 Å². The van der Waals surface area contributed by atoms with Gasteiger partial charge < -0.3 is 10.4 Å². The number of pyridine rings is 1. The SMILES string of the molecule is OCC[C@@H](NCc1cccc(-c2ccncc2)c1)c1ccccc1. The molecule has 122 valence electrons. The lowest BCUT2D eigenvalue weighted by Gasteiger charge is -2.18. The Morgan fingerprint density at radius 2 is 1.67 bits per heavy atom. The molecule has 0 amide bonds. The second-order valence-corrected chi connectivity index (χ2v) is 5.79. The monoisotopic (exact) mass is 318 g/mol. The quantitative estimate of drug-likeness (QED) is 0.693. The molecular formula is C21H22N2O. The number of rotatable bonds is 7. The van der Waals surface area contributed by atoms with Crippen LogP contribution in [0.25, 0.3) is 11.1 Å². The average Bonchev–Trinajstić information content (AvgIpc) is 2.67. The van der Waals surface area contributed by atoms with Crippen LogP contribution >= 0.6 is 0 Å². The van der Waals surface area contributed by atoms with Crippen molar-refractivity contribution in [3.63, 3.8) is 0 Å². The van der Waals surface area contributed by atoms with E-state index in [1.807, 2.05) is 42.7 Å². The molecule has 0 saturated heterocycles. The Balaban J connectivity index is 1.71. The van der Waals surface area contributed by atoms with Gasteiger partial charge in [-0.15, -0.1) is 0 Å². The number of aromatic nitrogens is 1. The van der Waals surface area contributed by atoms with Crippen molar-refractivity contribution in [3.8, 4) is 11.1 Å². The number of benzene rings is 2. The van der Waals surface area contributed by atoms with Gasteiger partial charge >= 0.3 is 0 Å². The smallest absolute Gasteiger partial charge is 0.0449 e. The maximum atomic E-state index is 9.34. The van der Waals surface area contributed by atoms with E-state index in [2.05, 4.69) is 46.7 Å². The zero-order chi connectivity index (χ0) is 16.6. The van der Waals surface area contributed by atoms with E-state index in [0.29, 0.717) is 6.42 Å². The molecule has 1 atom stereocenters. The maximum absolute atomic E-state index is 9.34. The van der Waals surface area contributed by atoms with Gasteiger partial charge in [-0.3, -0.25) is 4.98 Å². The predicted molar refractivity (Wildman–Crippen MR) is 97.4 cm³/mol. The van der Waals surface area contributed by atoms with Gasteiger partial charge in [0.2, 0.25) is 0 Å². The normalized spacial score (nSPS) is 12.0. The zero-order valence-corrected chi connectivity index (χ0v) is 13.6. The average molecular weight is 318 g/mol. The molecule has 0 unspecified atom stereocenters. The van der Waals surface area contributed by atoms with Gasteiger partial charge in [0.25, 0.3) is 0 Å². The van der Waals surface area contributed by atoms with Crippen molar-refractivity contribution in [2.24, 2.45) is 0 Å². The third kappa shape index (κ3) is 4.28. The first-order chi connectivity index (χ1) is 11.9. The highest BCUT2D eigenvalue weighted by Crippen LogP contribution is 2.21. The molecule has 0 bridgehead atoms. The molecule has 2 N–H and O–H groups in total. The van der Waals surface area contributed by atoms with E-state index in [-0.39, 0.29) is 12.6 Å². The van der Waals surface area contributed by atoms with Crippen molar-refractivity contribution in [1.82, 2.24) is 10.3 Å². The molecule has 1 aromatic heterocycles. The molecule has 0 spiro atoms. The maximum Gasteiger partial charge on any atom is 0.0449 e. The minimum Gasteiger partial charge on any atom is -0.396 e. The Kier molecular flexibility index (Phi) is 5.72. The summed E-state index contributed by atoms with van der Waals surface area (Å²) in [6.07, 6.45) is 4.33. The Bertz CT molecular complexity index is 744. The summed E-state index contributed by atoms with van der Waals surface area (Å²) in [6.45, 7) is 0.933. The van der Waals surface area contributed by atoms with E-state index in [4.69, 9.17) is 0 Å². The molecule has 0 aliphatic heterocycles. The Hall–Kier alpha value is -2.49. The van der Waals surface area contributed by atoms with Crippen molar-refractivity contribution in [3.05, 3.63) is 90.3 Å². The number of hydrogen-bond acceptors (Lipinski definition) is 3. The Morgan fingerprint density at radius 3 is 2.42 bits per heavy atom. The van der Waals surface area contributed by atoms with Gasteiger partial charge in [-0.2, -0.15) is 0 Å². The summed E-state index contributed by atoms with van der Waals surface area (Å²) in [5.74, 6) is 0. The molecule has 0 fully saturated rings. The van der Waals surface area contributed by atoms with Crippen molar-refractivity contribution in [2.45, 2.75) is 19.0 Å². The first-order valence-electron chi connectivity index (χ1n) is 8.25. The molecule has 3 aromatic rings. The van der Waals surface area contributed by atoms with Crippen LogP contribution in [-0.4, -0.2) is 16.7 Å². The second kappa shape index (κ2) is 8.39. The fourth-order valence-corrected chi connectivity index (χ4v) is 2.85. The number of nitrogens with one attached hydrogen (secondary N) is 1. The van der Waals surface area contributed by atoms with Crippen molar-refractivity contribution < 1.29 is 5.11 Å². The summed E-state index contributed by atoms with van der Waals surface area (Å²) in [5, 5.41) is 12.9. The zero-order valence-electron chi connectivity index (χ0n) is 13.6. The second-order valence-electron chi connectivity index (χ2n) is 5.79. The summed E-state index contributed by atoms with van der Waals surface area (Å²) in [6, 6.07) is 23.0. The Labute approximate surface area is 143 Å². The van der Waals surface area contributed by atoms with Crippen molar-refractivity contribution >= 4 is 0 Å². The Morgan fingerprint density at radius 1 is 0.875 bits per heavy atom. The molecule has 24 heavy (non-hydrogen) atoms. The number of nitrogens with zero attached hydrogens (tertiary/aromatic N) is 1. The van der Waals surface area contributed by atoms with Gasteiger partial charge in [-0.05, 0) is 46.9 Å². The van der Waals surface area contributed by atoms with E-state index in [1.54, 1.807) is 0 Å². The summed E-state index contributed by atoms with van der Waals surface area (Å²) >= 11 is 0. The van der Waals surface area contributed by atoms with E-state index in [0.717, 1.165) is 6.54 Å². The molecular weight excluding hydrogens is 296 g/mol. The van der Waals surface area contributed by atoms with Crippen molar-refractivity contribution in [2.75, 3.05) is 6.61 Å². The first kappa shape index (κ1) is 16.4. The molecule has 0 aliphatic rings. The number of aliphatic hydroxyl groups is 1. The summed E-state index contributed by atoms with van der Waals surface area (Å²) < 4.78 is 0. The van der Waals surface area contributed by atoms with Gasteiger partial charge in [-0.1, -0.05) is 48.5 Å². The number of hydrogen-bond donors (Lipinski definition) is 2. The molecule has 0 aliphatic carbocycles. The van der Waals surface area contributed by atoms with Crippen LogP contribution in [0.4, 0.5) is 0 Å². The van der Waals surface area contributed by atoms with Gasteiger partial charge in [0.1, 0.15) is 0 Å². The largest absolute Gasteiger partial charge is 0.396 e. The minimum atomic E-state index is 0.154. The van der Waals surface area contributed by atoms with Crippen molar-refractivity contribution in [1.29, 1.82) is 0 Å². The first-order valence-corrected chi connectivity index (χ1v) is 8.25. The van der Waals surface area contributed by atoms with Crippen LogP contribution in [0, 0.1) is 0 Å². The highest BCUT2D eigenvalue weighted by Gasteiger charge is 2.10. The highest BCUT2D eigenvalue weighted by molar-refractivity contribution is 5.63. The predicted octanol–water partition coefficient (Wildman–Crippen LogP) is 3.96. The topological polar surface area (TPSA) is 45.1 Å². The van der Waals surface area contributed by atoms with Gasteiger partial charge in [0.05, 0.1) is 0 Å². The van der Waals surface area contributed by atoms with Crippen LogP contribution in [-0.2, 0) is 6.54 Å². The van der Waals surface area contributed by atoms with Crippen LogP contribution in [0.3, 0.4) is 0 Å². The van der Waals surface area contributed by atoms with Crippen LogP contribution < -0.4 is 5.32 Å². The van der Waals surface area contributed by atoms with E-state index in [9.17, 15) is 5.11 Å². The third-order valence-electron chi connectivity index (χ3n) is 4.11. The van der Waals surface area contributed by atoms with Gasteiger partial charge in [0.15, 0.2) is 0 Å². The summed E-state index contributed by atoms with van der Waals surface area (Å²) in [5.41, 5.74) is 4.79. The summed E-state index contributed by atoms with van der Waals surface area (Å²) in [4.78, 5) is 4.07. The van der Waals surface area contributed by atoms with Crippen LogP contribution in [0.1, 0.15) is 23.6 Å². The molecule has 0 saturated carbocycles. The fraction of sp³-hybridized carbons (Fsp3) is 0.190. The van der Waals surface area contributed by atoms with Gasteiger partial charge in [0, 0.05) is 31.6 Å². The third-order valence-corrected chi connectivity index (χ3v) is 4.11. The molecule has 3 rings (SSSR count). The number of aliphatic hydroxyl groups excluding tert-OH is 1. The molecule has 1 heterocycles. The lowest BCUT2D eigenvalue weighted by molar-refractivity contribution is 0.265.